The highest BCUT2D eigenvalue weighted by atomic mass is 16.2. The normalized spacial score (nSPS) is 16.3. The van der Waals surface area contributed by atoms with E-state index in [4.69, 9.17) is 5.26 Å². The van der Waals surface area contributed by atoms with Gasteiger partial charge in [-0.25, -0.2) is 0 Å². The van der Waals surface area contributed by atoms with Crippen molar-refractivity contribution in [3.63, 3.8) is 0 Å². The first-order valence-corrected chi connectivity index (χ1v) is 6.37. The molecule has 1 N–H and O–H groups in total. The number of carbonyl (C=O) groups excluding carboxylic acids is 1. The molecule has 18 heavy (non-hydrogen) atoms. The number of carbonyl (C=O) groups is 1. The first kappa shape index (κ1) is 12.6. The van der Waals surface area contributed by atoms with Crippen molar-refractivity contribution in [2.45, 2.75) is 6.92 Å². The number of quaternary nitrogens is 1. The van der Waals surface area contributed by atoms with E-state index in [9.17, 15) is 4.79 Å². The van der Waals surface area contributed by atoms with Crippen molar-refractivity contribution in [3.8, 4) is 6.07 Å². The molecule has 1 aromatic carbocycles. The average Bonchev–Trinajstić information content (AvgIpc) is 2.47. The zero-order valence-electron chi connectivity index (χ0n) is 10.6. The van der Waals surface area contributed by atoms with Gasteiger partial charge in [0.25, 0.3) is 5.91 Å². The van der Waals surface area contributed by atoms with Crippen LogP contribution >= 0.6 is 0 Å². The molecule has 0 aromatic heterocycles. The van der Waals surface area contributed by atoms with E-state index in [1.165, 1.54) is 0 Å². The van der Waals surface area contributed by atoms with Crippen molar-refractivity contribution in [1.29, 1.82) is 5.26 Å². The molecule has 0 aliphatic carbocycles. The summed E-state index contributed by atoms with van der Waals surface area (Å²) in [6, 6.07) is 8.92. The highest BCUT2D eigenvalue weighted by molar-refractivity contribution is 5.94. The fraction of sp³-hybridized carbons (Fsp3) is 0.429. The number of nitrogens with one attached hydrogen (secondary N) is 1. The van der Waals surface area contributed by atoms with Gasteiger partial charge in [0, 0.05) is 5.56 Å². The zero-order chi connectivity index (χ0) is 13.0. The Morgan fingerprint density at radius 2 is 1.94 bits per heavy atom. The van der Waals surface area contributed by atoms with Gasteiger partial charge in [-0.2, -0.15) is 5.26 Å². The van der Waals surface area contributed by atoms with Crippen molar-refractivity contribution in [1.82, 2.24) is 4.90 Å². The lowest BCUT2D eigenvalue weighted by Gasteiger charge is -2.31. The quantitative estimate of drug-likeness (QED) is 0.791. The number of amides is 1. The van der Waals surface area contributed by atoms with E-state index in [-0.39, 0.29) is 5.91 Å². The Labute approximate surface area is 107 Å². The van der Waals surface area contributed by atoms with Crippen LogP contribution in [0.4, 0.5) is 0 Å². The molecule has 4 nitrogen and oxygen atoms in total. The number of piperazine rings is 1. The second-order valence-corrected chi connectivity index (χ2v) is 4.58. The summed E-state index contributed by atoms with van der Waals surface area (Å²) in [6.45, 7) is 6.99. The van der Waals surface area contributed by atoms with Gasteiger partial charge in [0.2, 0.25) is 0 Å². The molecule has 1 saturated heterocycles. The molecular formula is C14H18N3O+. The van der Waals surface area contributed by atoms with E-state index in [1.807, 2.05) is 4.90 Å². The van der Waals surface area contributed by atoms with Crippen LogP contribution in [-0.4, -0.2) is 43.5 Å². The van der Waals surface area contributed by atoms with Crippen molar-refractivity contribution >= 4 is 5.91 Å². The van der Waals surface area contributed by atoms with Gasteiger partial charge in [0.1, 0.15) is 0 Å². The minimum absolute atomic E-state index is 0.0784. The topological polar surface area (TPSA) is 48.5 Å². The lowest BCUT2D eigenvalue weighted by atomic mass is 10.1. The Hall–Kier alpha value is -1.86. The van der Waals surface area contributed by atoms with Gasteiger partial charge in [0.15, 0.2) is 0 Å². The lowest BCUT2D eigenvalue weighted by molar-refractivity contribution is -0.902. The summed E-state index contributed by atoms with van der Waals surface area (Å²) in [5, 5.41) is 8.72. The molecule has 1 heterocycles. The van der Waals surface area contributed by atoms with Gasteiger partial charge < -0.3 is 9.80 Å². The van der Waals surface area contributed by atoms with E-state index in [0.717, 1.165) is 32.7 Å². The van der Waals surface area contributed by atoms with Crippen molar-refractivity contribution < 1.29 is 9.69 Å². The second kappa shape index (κ2) is 5.65. The fourth-order valence-corrected chi connectivity index (χ4v) is 2.25. The van der Waals surface area contributed by atoms with Crippen LogP contribution in [0.2, 0.25) is 0 Å². The molecule has 2 rings (SSSR count). The first-order chi connectivity index (χ1) is 8.74. The SMILES string of the molecule is CC[NH+]1CCN(C(=O)c2ccc(C#N)cc2)CC1. The number of likely N-dealkylation sites (N-methyl/N-ethyl adjacent to an activating group) is 1. The molecule has 0 radical (unpaired) electrons. The van der Waals surface area contributed by atoms with Gasteiger partial charge in [0.05, 0.1) is 44.4 Å². The van der Waals surface area contributed by atoms with Gasteiger partial charge in [-0.3, -0.25) is 4.79 Å². The van der Waals surface area contributed by atoms with Crippen molar-refractivity contribution in [2.24, 2.45) is 0 Å². The minimum atomic E-state index is 0.0784. The summed E-state index contributed by atoms with van der Waals surface area (Å²) < 4.78 is 0. The van der Waals surface area contributed by atoms with Crippen LogP contribution in [-0.2, 0) is 0 Å². The Morgan fingerprint density at radius 1 is 1.33 bits per heavy atom. The maximum absolute atomic E-state index is 12.2. The monoisotopic (exact) mass is 244 g/mol. The molecule has 0 unspecified atom stereocenters. The summed E-state index contributed by atoms with van der Waals surface area (Å²) in [4.78, 5) is 15.7. The molecule has 1 aromatic rings. The third-order valence-electron chi connectivity index (χ3n) is 3.52. The summed E-state index contributed by atoms with van der Waals surface area (Å²) >= 11 is 0. The minimum Gasteiger partial charge on any atom is -0.332 e. The maximum Gasteiger partial charge on any atom is 0.254 e. The third-order valence-corrected chi connectivity index (χ3v) is 3.52. The molecular weight excluding hydrogens is 226 g/mol. The standard InChI is InChI=1S/C14H17N3O/c1-2-16-7-9-17(10-8-16)14(18)13-5-3-12(11-15)4-6-13/h3-6H,2,7-10H2,1H3/p+1. The first-order valence-electron chi connectivity index (χ1n) is 6.37. The van der Waals surface area contributed by atoms with Crippen LogP contribution in [0.25, 0.3) is 0 Å². The fourth-order valence-electron chi connectivity index (χ4n) is 2.25. The number of nitriles is 1. The van der Waals surface area contributed by atoms with Gasteiger partial charge >= 0.3 is 0 Å². The largest absolute Gasteiger partial charge is 0.332 e. The highest BCUT2D eigenvalue weighted by Gasteiger charge is 2.23. The molecule has 1 fully saturated rings. The van der Waals surface area contributed by atoms with E-state index < -0.39 is 0 Å². The van der Waals surface area contributed by atoms with E-state index in [0.29, 0.717) is 11.1 Å². The Morgan fingerprint density at radius 3 is 2.44 bits per heavy atom. The highest BCUT2D eigenvalue weighted by Crippen LogP contribution is 2.07. The molecule has 0 spiro atoms. The predicted octanol–water partition coefficient (Wildman–Crippen LogP) is -0.0811. The predicted molar refractivity (Wildman–Crippen MR) is 68.3 cm³/mol. The van der Waals surface area contributed by atoms with Crippen molar-refractivity contribution in [3.05, 3.63) is 35.4 Å². The summed E-state index contributed by atoms with van der Waals surface area (Å²) in [5.74, 6) is 0.0784. The lowest BCUT2D eigenvalue weighted by Crippen LogP contribution is -3.14. The molecule has 0 saturated carbocycles. The van der Waals surface area contributed by atoms with E-state index >= 15 is 0 Å². The van der Waals surface area contributed by atoms with Gasteiger partial charge in [-0.05, 0) is 31.2 Å². The number of hydrogen-bond donors (Lipinski definition) is 1. The Balaban J connectivity index is 2.01. The molecule has 1 amide bonds. The van der Waals surface area contributed by atoms with Crippen molar-refractivity contribution in [2.75, 3.05) is 32.7 Å². The van der Waals surface area contributed by atoms with E-state index in [1.54, 1.807) is 29.2 Å². The van der Waals surface area contributed by atoms with Crippen LogP contribution in [0, 0.1) is 11.3 Å². The molecule has 94 valence electrons. The van der Waals surface area contributed by atoms with Gasteiger partial charge in [-0.1, -0.05) is 0 Å². The van der Waals surface area contributed by atoms with Crippen LogP contribution in [0.15, 0.2) is 24.3 Å². The number of nitrogens with zero attached hydrogens (tertiary/aromatic N) is 2. The second-order valence-electron chi connectivity index (χ2n) is 4.58. The third kappa shape index (κ3) is 2.69. The number of rotatable bonds is 2. The summed E-state index contributed by atoms with van der Waals surface area (Å²) in [7, 11) is 0. The molecule has 4 heteroatoms. The summed E-state index contributed by atoms with van der Waals surface area (Å²) in [6.07, 6.45) is 0. The molecule has 1 aliphatic heterocycles. The van der Waals surface area contributed by atoms with Crippen LogP contribution < -0.4 is 4.90 Å². The van der Waals surface area contributed by atoms with Gasteiger partial charge in [-0.15, -0.1) is 0 Å². The molecule has 0 bridgehead atoms. The number of hydrogen-bond acceptors (Lipinski definition) is 2. The van der Waals surface area contributed by atoms with Crippen LogP contribution in [0.3, 0.4) is 0 Å². The molecule has 1 aliphatic rings. The maximum atomic E-state index is 12.2. The number of benzene rings is 1. The van der Waals surface area contributed by atoms with E-state index in [2.05, 4.69) is 13.0 Å². The Kier molecular flexibility index (Phi) is 3.96. The smallest absolute Gasteiger partial charge is 0.254 e. The zero-order valence-corrected chi connectivity index (χ0v) is 10.6. The summed E-state index contributed by atoms with van der Waals surface area (Å²) in [5.41, 5.74) is 1.26. The molecule has 0 atom stereocenters. The van der Waals surface area contributed by atoms with Crippen LogP contribution in [0.1, 0.15) is 22.8 Å². The average molecular weight is 244 g/mol. The Bertz CT molecular complexity index is 453. The van der Waals surface area contributed by atoms with Crippen LogP contribution in [0.5, 0.6) is 0 Å².